The summed E-state index contributed by atoms with van der Waals surface area (Å²) in [5, 5.41) is 3.35. The van der Waals surface area contributed by atoms with Crippen molar-refractivity contribution in [2.75, 3.05) is 38.6 Å². The molecule has 1 unspecified atom stereocenters. The number of rotatable bonds is 2. The van der Waals surface area contributed by atoms with Crippen LogP contribution in [0.3, 0.4) is 0 Å². The fourth-order valence-corrected chi connectivity index (χ4v) is 2.56. The molecule has 0 spiro atoms. The zero-order chi connectivity index (χ0) is 16.3. The number of ether oxygens (including phenoxy) is 1. The minimum Gasteiger partial charge on any atom is -0.444 e. The van der Waals surface area contributed by atoms with Crippen molar-refractivity contribution in [2.45, 2.75) is 32.4 Å². The number of piperazine rings is 1. The highest BCUT2D eigenvalue weighted by atomic mass is 16.6. The van der Waals surface area contributed by atoms with Crippen LogP contribution in [0.25, 0.3) is 0 Å². The second-order valence-electron chi connectivity index (χ2n) is 6.70. The molecule has 122 valence electrons. The molecular formula is C16H26N4O2. The van der Waals surface area contributed by atoms with E-state index in [9.17, 15) is 4.79 Å². The molecule has 1 amide bonds. The Morgan fingerprint density at radius 3 is 2.82 bits per heavy atom. The van der Waals surface area contributed by atoms with E-state index in [0.29, 0.717) is 13.1 Å². The SMILES string of the molecule is CN(C)c1ncccc1C1CNCCN1C(=O)OC(C)(C)C. The molecule has 0 aromatic carbocycles. The molecule has 1 atom stereocenters. The molecule has 1 aliphatic heterocycles. The molecule has 0 radical (unpaired) electrons. The Kier molecular flexibility index (Phi) is 4.90. The lowest BCUT2D eigenvalue weighted by Gasteiger charge is -2.38. The molecule has 1 aliphatic rings. The second kappa shape index (κ2) is 6.52. The van der Waals surface area contributed by atoms with Crippen LogP contribution in [0.1, 0.15) is 32.4 Å². The van der Waals surface area contributed by atoms with Crippen molar-refractivity contribution in [3.05, 3.63) is 23.9 Å². The summed E-state index contributed by atoms with van der Waals surface area (Å²) in [6.45, 7) is 7.76. The molecule has 1 N–H and O–H groups in total. The Morgan fingerprint density at radius 2 is 2.18 bits per heavy atom. The smallest absolute Gasteiger partial charge is 0.410 e. The van der Waals surface area contributed by atoms with Gasteiger partial charge in [-0.2, -0.15) is 0 Å². The van der Waals surface area contributed by atoms with Crippen molar-refractivity contribution in [1.82, 2.24) is 15.2 Å². The average molecular weight is 306 g/mol. The Hall–Kier alpha value is -1.82. The van der Waals surface area contributed by atoms with Crippen LogP contribution in [-0.2, 0) is 4.74 Å². The van der Waals surface area contributed by atoms with Gasteiger partial charge < -0.3 is 15.0 Å². The summed E-state index contributed by atoms with van der Waals surface area (Å²) in [6, 6.07) is 3.86. The third kappa shape index (κ3) is 3.88. The van der Waals surface area contributed by atoms with Crippen molar-refractivity contribution in [1.29, 1.82) is 0 Å². The second-order valence-corrected chi connectivity index (χ2v) is 6.70. The molecular weight excluding hydrogens is 280 g/mol. The highest BCUT2D eigenvalue weighted by molar-refractivity contribution is 5.69. The molecule has 2 rings (SSSR count). The quantitative estimate of drug-likeness (QED) is 0.906. The third-order valence-corrected chi connectivity index (χ3v) is 3.47. The zero-order valence-corrected chi connectivity index (χ0v) is 14.1. The summed E-state index contributed by atoms with van der Waals surface area (Å²) in [5.74, 6) is 0.879. The van der Waals surface area contributed by atoms with E-state index in [0.717, 1.165) is 17.9 Å². The molecule has 0 bridgehead atoms. The molecule has 22 heavy (non-hydrogen) atoms. The fourth-order valence-electron chi connectivity index (χ4n) is 2.56. The summed E-state index contributed by atoms with van der Waals surface area (Å²) in [6.07, 6.45) is 1.50. The lowest BCUT2D eigenvalue weighted by Crippen LogP contribution is -2.50. The molecule has 0 saturated carbocycles. The van der Waals surface area contributed by atoms with E-state index in [1.54, 1.807) is 11.1 Å². The first-order valence-electron chi connectivity index (χ1n) is 7.62. The zero-order valence-electron chi connectivity index (χ0n) is 14.1. The number of carbonyl (C=O) groups is 1. The average Bonchev–Trinajstić information content (AvgIpc) is 2.45. The van der Waals surface area contributed by atoms with Gasteiger partial charge in [0, 0.05) is 45.5 Å². The molecule has 1 aromatic heterocycles. The minimum absolute atomic E-state index is 0.0744. The van der Waals surface area contributed by atoms with Gasteiger partial charge in [-0.1, -0.05) is 6.07 Å². The van der Waals surface area contributed by atoms with Crippen LogP contribution in [-0.4, -0.2) is 55.3 Å². The fraction of sp³-hybridized carbons (Fsp3) is 0.625. The first kappa shape index (κ1) is 16.5. The van der Waals surface area contributed by atoms with Crippen LogP contribution < -0.4 is 10.2 Å². The number of pyridine rings is 1. The predicted octanol–water partition coefficient (Wildman–Crippen LogP) is 2.03. The van der Waals surface area contributed by atoms with Crippen LogP contribution >= 0.6 is 0 Å². The molecule has 1 fully saturated rings. The number of anilines is 1. The normalized spacial score (nSPS) is 19.0. The maximum atomic E-state index is 12.5. The number of amides is 1. The Bertz CT molecular complexity index is 525. The highest BCUT2D eigenvalue weighted by Gasteiger charge is 2.33. The van der Waals surface area contributed by atoms with Gasteiger partial charge >= 0.3 is 6.09 Å². The largest absolute Gasteiger partial charge is 0.444 e. The lowest BCUT2D eigenvalue weighted by molar-refractivity contribution is 0.0118. The van der Waals surface area contributed by atoms with E-state index in [-0.39, 0.29) is 12.1 Å². The van der Waals surface area contributed by atoms with Crippen molar-refractivity contribution in [2.24, 2.45) is 0 Å². The van der Waals surface area contributed by atoms with Gasteiger partial charge in [-0.3, -0.25) is 4.90 Å². The van der Waals surface area contributed by atoms with Gasteiger partial charge in [-0.25, -0.2) is 9.78 Å². The number of hydrogen-bond acceptors (Lipinski definition) is 5. The Morgan fingerprint density at radius 1 is 1.45 bits per heavy atom. The van der Waals surface area contributed by atoms with E-state index < -0.39 is 5.60 Å². The highest BCUT2D eigenvalue weighted by Crippen LogP contribution is 2.29. The summed E-state index contributed by atoms with van der Waals surface area (Å²) in [4.78, 5) is 20.7. The van der Waals surface area contributed by atoms with Crippen LogP contribution in [0.15, 0.2) is 18.3 Å². The molecule has 0 aliphatic carbocycles. The number of nitrogens with zero attached hydrogens (tertiary/aromatic N) is 3. The van der Waals surface area contributed by atoms with E-state index in [4.69, 9.17) is 4.74 Å². The molecule has 1 saturated heterocycles. The number of aromatic nitrogens is 1. The molecule has 2 heterocycles. The van der Waals surface area contributed by atoms with Crippen LogP contribution in [0, 0.1) is 0 Å². The Balaban J connectivity index is 2.29. The number of nitrogens with one attached hydrogen (secondary N) is 1. The predicted molar refractivity (Wildman–Crippen MR) is 87.1 cm³/mol. The first-order valence-corrected chi connectivity index (χ1v) is 7.62. The minimum atomic E-state index is -0.494. The summed E-state index contributed by atoms with van der Waals surface area (Å²) in [5.41, 5.74) is 0.539. The van der Waals surface area contributed by atoms with Crippen molar-refractivity contribution in [3.8, 4) is 0 Å². The summed E-state index contributed by atoms with van der Waals surface area (Å²) >= 11 is 0. The topological polar surface area (TPSA) is 57.7 Å². The monoisotopic (exact) mass is 306 g/mol. The van der Waals surface area contributed by atoms with Gasteiger partial charge in [0.15, 0.2) is 0 Å². The van der Waals surface area contributed by atoms with Crippen LogP contribution in [0.2, 0.25) is 0 Å². The number of hydrogen-bond donors (Lipinski definition) is 1. The van der Waals surface area contributed by atoms with E-state index in [1.165, 1.54) is 0 Å². The van der Waals surface area contributed by atoms with E-state index >= 15 is 0 Å². The summed E-state index contributed by atoms with van der Waals surface area (Å²) < 4.78 is 5.55. The van der Waals surface area contributed by atoms with E-state index in [1.807, 2.05) is 51.9 Å². The van der Waals surface area contributed by atoms with Crippen LogP contribution in [0.5, 0.6) is 0 Å². The summed E-state index contributed by atoms with van der Waals surface area (Å²) in [7, 11) is 3.92. The van der Waals surface area contributed by atoms with Gasteiger partial charge in [0.25, 0.3) is 0 Å². The maximum absolute atomic E-state index is 12.5. The van der Waals surface area contributed by atoms with Crippen molar-refractivity contribution in [3.63, 3.8) is 0 Å². The number of carbonyl (C=O) groups excluding carboxylic acids is 1. The lowest BCUT2D eigenvalue weighted by atomic mass is 10.0. The van der Waals surface area contributed by atoms with Gasteiger partial charge in [0.2, 0.25) is 0 Å². The third-order valence-electron chi connectivity index (χ3n) is 3.47. The molecule has 6 nitrogen and oxygen atoms in total. The van der Waals surface area contributed by atoms with Crippen molar-refractivity contribution >= 4 is 11.9 Å². The molecule has 1 aromatic rings. The van der Waals surface area contributed by atoms with Gasteiger partial charge in [0.1, 0.15) is 11.4 Å². The van der Waals surface area contributed by atoms with Crippen molar-refractivity contribution < 1.29 is 9.53 Å². The van der Waals surface area contributed by atoms with Crippen LogP contribution in [0.4, 0.5) is 10.6 Å². The van der Waals surface area contributed by atoms with E-state index in [2.05, 4.69) is 10.3 Å². The standard InChI is InChI=1S/C16H26N4O2/c1-16(2,3)22-15(21)20-10-9-17-11-13(20)12-7-6-8-18-14(12)19(4)5/h6-8,13,17H,9-11H2,1-5H3. The Labute approximate surface area is 132 Å². The first-order chi connectivity index (χ1) is 10.3. The maximum Gasteiger partial charge on any atom is 0.410 e. The van der Waals surface area contributed by atoms with Gasteiger partial charge in [-0.15, -0.1) is 0 Å². The van der Waals surface area contributed by atoms with Gasteiger partial charge in [0.05, 0.1) is 6.04 Å². The van der Waals surface area contributed by atoms with Gasteiger partial charge in [-0.05, 0) is 26.8 Å². The molecule has 6 heteroatoms.